The molecule has 0 spiro atoms. The van der Waals surface area contributed by atoms with Gasteiger partial charge in [-0.2, -0.15) is 0 Å². The van der Waals surface area contributed by atoms with Crippen LogP contribution in [-0.4, -0.2) is 39.9 Å². The number of ether oxygens (including phenoxy) is 1. The van der Waals surface area contributed by atoms with E-state index in [9.17, 15) is 0 Å². The number of methoxy groups -OCH3 is 1. The van der Waals surface area contributed by atoms with Gasteiger partial charge in [0.1, 0.15) is 0 Å². The number of rotatable bonds is 4. The van der Waals surface area contributed by atoms with Crippen molar-refractivity contribution in [2.45, 2.75) is 12.8 Å². The fourth-order valence-corrected chi connectivity index (χ4v) is 2.33. The quantitative estimate of drug-likeness (QED) is 0.858. The summed E-state index contributed by atoms with van der Waals surface area (Å²) < 4.78 is 5.18. The molecule has 0 atom stereocenters. The van der Waals surface area contributed by atoms with Gasteiger partial charge in [-0.15, -0.1) is 0 Å². The zero-order valence-corrected chi connectivity index (χ0v) is 10.6. The van der Waals surface area contributed by atoms with Gasteiger partial charge in [0.2, 0.25) is 0 Å². The lowest BCUT2D eigenvalue weighted by Gasteiger charge is -2.25. The Bertz CT molecular complexity index is 333. The van der Waals surface area contributed by atoms with Crippen LogP contribution in [0.1, 0.15) is 12.0 Å². The lowest BCUT2D eigenvalue weighted by Crippen LogP contribution is -2.28. The van der Waals surface area contributed by atoms with E-state index < -0.39 is 0 Å². The molecule has 94 valence electrons. The van der Waals surface area contributed by atoms with Crippen molar-refractivity contribution in [2.24, 2.45) is 0 Å². The molecule has 17 heavy (non-hydrogen) atoms. The summed E-state index contributed by atoms with van der Waals surface area (Å²) in [6.45, 7) is 5.26. The average molecular weight is 234 g/mol. The van der Waals surface area contributed by atoms with Crippen LogP contribution in [0.5, 0.6) is 0 Å². The van der Waals surface area contributed by atoms with Crippen LogP contribution in [0.25, 0.3) is 0 Å². The van der Waals surface area contributed by atoms with Crippen LogP contribution >= 0.6 is 0 Å². The highest BCUT2D eigenvalue weighted by Crippen LogP contribution is 2.21. The maximum absolute atomic E-state index is 5.18. The molecule has 2 rings (SSSR count). The molecule has 1 aliphatic heterocycles. The highest BCUT2D eigenvalue weighted by molar-refractivity contribution is 5.54. The maximum Gasteiger partial charge on any atom is 0.0503 e. The molecule has 1 N–H and O–H groups in total. The van der Waals surface area contributed by atoms with Gasteiger partial charge in [-0.3, -0.25) is 0 Å². The second kappa shape index (κ2) is 6.62. The predicted molar refractivity (Wildman–Crippen MR) is 71.7 cm³/mol. The molecule has 3 heteroatoms. The molecule has 1 heterocycles. The van der Waals surface area contributed by atoms with Crippen LogP contribution in [0.3, 0.4) is 0 Å². The largest absolute Gasteiger partial charge is 0.384 e. The van der Waals surface area contributed by atoms with Crippen molar-refractivity contribution in [1.29, 1.82) is 0 Å². The lowest BCUT2D eigenvalue weighted by molar-refractivity contribution is 0.202. The smallest absolute Gasteiger partial charge is 0.0503 e. The fourth-order valence-electron chi connectivity index (χ4n) is 2.33. The monoisotopic (exact) mass is 234 g/mol. The molecule has 0 radical (unpaired) electrons. The highest BCUT2D eigenvalue weighted by atomic mass is 16.5. The van der Waals surface area contributed by atoms with Gasteiger partial charge < -0.3 is 15.0 Å². The van der Waals surface area contributed by atoms with E-state index in [1.807, 2.05) is 0 Å². The molecular formula is C14H22N2O. The number of nitrogens with zero attached hydrogens (tertiary/aromatic N) is 1. The molecule has 3 nitrogen and oxygen atoms in total. The molecule has 1 aliphatic rings. The van der Waals surface area contributed by atoms with Crippen LogP contribution in [0, 0.1) is 0 Å². The third-order valence-corrected chi connectivity index (χ3v) is 3.25. The molecule has 0 unspecified atom stereocenters. The van der Waals surface area contributed by atoms with E-state index >= 15 is 0 Å². The van der Waals surface area contributed by atoms with Gasteiger partial charge in [-0.05, 0) is 31.0 Å². The second-order valence-corrected chi connectivity index (χ2v) is 4.46. The molecule has 0 saturated carbocycles. The Labute approximate surface area is 104 Å². The standard InChI is InChI=1S/C14H22N2O/c1-17-12-7-13-5-2-3-6-14(13)16-10-4-8-15-9-11-16/h2-3,5-6,15H,4,7-12H2,1H3. The molecule has 0 aliphatic carbocycles. The number of para-hydroxylation sites is 1. The van der Waals surface area contributed by atoms with Crippen molar-refractivity contribution in [2.75, 3.05) is 44.8 Å². The van der Waals surface area contributed by atoms with E-state index in [0.717, 1.165) is 39.2 Å². The number of benzene rings is 1. The topological polar surface area (TPSA) is 24.5 Å². The summed E-state index contributed by atoms with van der Waals surface area (Å²) in [4.78, 5) is 2.49. The van der Waals surface area contributed by atoms with Crippen LogP contribution in [0.15, 0.2) is 24.3 Å². The molecule has 0 bridgehead atoms. The van der Waals surface area contributed by atoms with Gasteiger partial charge in [0.05, 0.1) is 6.61 Å². The normalized spacial score (nSPS) is 16.9. The Morgan fingerprint density at radius 1 is 1.24 bits per heavy atom. The van der Waals surface area contributed by atoms with Gasteiger partial charge in [-0.25, -0.2) is 0 Å². The van der Waals surface area contributed by atoms with Gasteiger partial charge >= 0.3 is 0 Å². The highest BCUT2D eigenvalue weighted by Gasteiger charge is 2.12. The van der Waals surface area contributed by atoms with Crippen molar-refractivity contribution in [1.82, 2.24) is 5.32 Å². The third kappa shape index (κ3) is 3.45. The SMILES string of the molecule is COCCc1ccccc1N1CCCNCC1. The Balaban J connectivity index is 2.11. The van der Waals surface area contributed by atoms with Crippen LogP contribution < -0.4 is 10.2 Å². The van der Waals surface area contributed by atoms with Crippen LogP contribution in [-0.2, 0) is 11.2 Å². The van der Waals surface area contributed by atoms with E-state index in [4.69, 9.17) is 4.74 Å². The van der Waals surface area contributed by atoms with Gasteiger partial charge in [0.25, 0.3) is 0 Å². The lowest BCUT2D eigenvalue weighted by atomic mass is 10.1. The number of hydrogen-bond donors (Lipinski definition) is 1. The molecule has 0 amide bonds. The van der Waals surface area contributed by atoms with E-state index in [2.05, 4.69) is 34.5 Å². The fraction of sp³-hybridized carbons (Fsp3) is 0.571. The second-order valence-electron chi connectivity index (χ2n) is 4.46. The first-order valence-electron chi connectivity index (χ1n) is 6.44. The van der Waals surface area contributed by atoms with E-state index in [1.54, 1.807) is 7.11 Å². The van der Waals surface area contributed by atoms with E-state index in [-0.39, 0.29) is 0 Å². The zero-order chi connectivity index (χ0) is 11.9. The summed E-state index contributed by atoms with van der Waals surface area (Å²) in [6, 6.07) is 8.69. The minimum Gasteiger partial charge on any atom is -0.384 e. The Morgan fingerprint density at radius 2 is 2.12 bits per heavy atom. The maximum atomic E-state index is 5.18. The minimum atomic E-state index is 0.795. The van der Waals surface area contributed by atoms with Gasteiger partial charge in [-0.1, -0.05) is 18.2 Å². The van der Waals surface area contributed by atoms with Crippen molar-refractivity contribution in [3.05, 3.63) is 29.8 Å². The molecule has 1 saturated heterocycles. The molecular weight excluding hydrogens is 212 g/mol. The first-order chi connectivity index (χ1) is 8.42. The number of anilines is 1. The van der Waals surface area contributed by atoms with Crippen molar-refractivity contribution < 1.29 is 4.74 Å². The Hall–Kier alpha value is -1.06. The number of nitrogens with one attached hydrogen (secondary N) is 1. The predicted octanol–water partition coefficient (Wildman–Crippen LogP) is 1.68. The number of hydrogen-bond acceptors (Lipinski definition) is 3. The summed E-state index contributed by atoms with van der Waals surface area (Å²) in [6.07, 6.45) is 2.22. The first-order valence-corrected chi connectivity index (χ1v) is 6.44. The van der Waals surface area contributed by atoms with Crippen molar-refractivity contribution >= 4 is 5.69 Å². The Morgan fingerprint density at radius 3 is 3.00 bits per heavy atom. The average Bonchev–Trinajstić information content (AvgIpc) is 2.65. The summed E-state index contributed by atoms with van der Waals surface area (Å²) >= 11 is 0. The molecule has 0 aromatic heterocycles. The first kappa shape index (κ1) is 12.4. The van der Waals surface area contributed by atoms with Gasteiger partial charge in [0, 0.05) is 32.4 Å². The summed E-state index contributed by atoms with van der Waals surface area (Å²) in [7, 11) is 1.76. The molecule has 1 fully saturated rings. The van der Waals surface area contributed by atoms with Crippen LogP contribution in [0.4, 0.5) is 5.69 Å². The summed E-state index contributed by atoms with van der Waals surface area (Å²) in [5.41, 5.74) is 2.78. The third-order valence-electron chi connectivity index (χ3n) is 3.25. The van der Waals surface area contributed by atoms with E-state index in [0.29, 0.717) is 0 Å². The summed E-state index contributed by atoms with van der Waals surface area (Å²) in [5.74, 6) is 0. The molecule has 1 aromatic rings. The van der Waals surface area contributed by atoms with Gasteiger partial charge in [0.15, 0.2) is 0 Å². The van der Waals surface area contributed by atoms with Crippen molar-refractivity contribution in [3.63, 3.8) is 0 Å². The Kier molecular flexibility index (Phi) is 4.83. The van der Waals surface area contributed by atoms with Crippen LogP contribution in [0.2, 0.25) is 0 Å². The minimum absolute atomic E-state index is 0.795. The van der Waals surface area contributed by atoms with E-state index in [1.165, 1.54) is 17.7 Å². The molecule has 1 aromatic carbocycles. The zero-order valence-electron chi connectivity index (χ0n) is 10.6. The van der Waals surface area contributed by atoms with Crippen molar-refractivity contribution in [3.8, 4) is 0 Å². The summed E-state index contributed by atoms with van der Waals surface area (Å²) in [5, 5.41) is 3.44.